The van der Waals surface area contributed by atoms with Gasteiger partial charge in [-0.3, -0.25) is 14.9 Å². The maximum absolute atomic E-state index is 12.4. The SMILES string of the molecule is CC(C)(C)OC(=O)N1CCC[C@@H]1CNc1cccc(C2CCC(=O)NC2=O)c1. The van der Waals surface area contributed by atoms with Crippen LogP contribution in [0, 0.1) is 0 Å². The number of hydrogen-bond acceptors (Lipinski definition) is 5. The van der Waals surface area contributed by atoms with Crippen molar-refractivity contribution < 1.29 is 19.1 Å². The van der Waals surface area contributed by atoms with Crippen molar-refractivity contribution in [1.29, 1.82) is 0 Å². The number of piperidine rings is 1. The molecule has 3 rings (SSSR count). The molecule has 1 aromatic carbocycles. The van der Waals surface area contributed by atoms with Gasteiger partial charge in [0, 0.05) is 25.2 Å². The first-order valence-corrected chi connectivity index (χ1v) is 9.90. The van der Waals surface area contributed by atoms with Crippen LogP contribution < -0.4 is 10.6 Å². The van der Waals surface area contributed by atoms with Crippen molar-refractivity contribution in [2.45, 2.75) is 64.0 Å². The quantitative estimate of drug-likeness (QED) is 0.776. The van der Waals surface area contributed by atoms with Crippen molar-refractivity contribution in [3.05, 3.63) is 29.8 Å². The normalized spacial score (nSPS) is 22.8. The second kappa shape index (κ2) is 8.20. The number of anilines is 1. The Bertz CT molecular complexity index is 756. The van der Waals surface area contributed by atoms with Gasteiger partial charge in [0.15, 0.2) is 0 Å². The van der Waals surface area contributed by atoms with E-state index in [4.69, 9.17) is 4.74 Å². The standard InChI is InChI=1S/C21H29N3O4/c1-21(2,3)28-20(27)24-11-5-8-16(24)13-22-15-7-4-6-14(12-15)17-9-10-18(25)23-19(17)26/h4,6-7,12,16-17,22H,5,8-11,13H2,1-3H3,(H,23,25,26)/t16-,17?/m1/s1. The lowest BCUT2D eigenvalue weighted by atomic mass is 9.90. The third-order valence-corrected chi connectivity index (χ3v) is 5.08. The zero-order chi connectivity index (χ0) is 20.3. The summed E-state index contributed by atoms with van der Waals surface area (Å²) < 4.78 is 5.51. The highest BCUT2D eigenvalue weighted by Gasteiger charge is 2.32. The molecule has 2 aliphatic heterocycles. The van der Waals surface area contributed by atoms with E-state index in [9.17, 15) is 14.4 Å². The number of nitrogens with one attached hydrogen (secondary N) is 2. The summed E-state index contributed by atoms with van der Waals surface area (Å²) in [6.07, 6.45) is 2.51. The molecule has 2 N–H and O–H groups in total. The van der Waals surface area contributed by atoms with Crippen molar-refractivity contribution in [2.75, 3.05) is 18.4 Å². The van der Waals surface area contributed by atoms with E-state index in [2.05, 4.69) is 10.6 Å². The average Bonchev–Trinajstić information content (AvgIpc) is 3.07. The number of carbonyl (C=O) groups excluding carboxylic acids is 3. The molecule has 0 aromatic heterocycles. The van der Waals surface area contributed by atoms with Crippen molar-refractivity contribution in [2.24, 2.45) is 0 Å². The number of imide groups is 1. The summed E-state index contributed by atoms with van der Waals surface area (Å²) in [5, 5.41) is 5.79. The van der Waals surface area contributed by atoms with Gasteiger partial charge in [-0.2, -0.15) is 0 Å². The molecule has 2 atom stereocenters. The molecular weight excluding hydrogens is 358 g/mol. The van der Waals surface area contributed by atoms with E-state index < -0.39 is 5.60 Å². The lowest BCUT2D eigenvalue weighted by Gasteiger charge is -2.29. The van der Waals surface area contributed by atoms with Gasteiger partial charge in [-0.05, 0) is 57.7 Å². The molecule has 152 valence electrons. The molecule has 2 fully saturated rings. The number of nitrogens with zero attached hydrogens (tertiary/aromatic N) is 1. The first-order chi connectivity index (χ1) is 13.2. The van der Waals surface area contributed by atoms with Gasteiger partial charge in [-0.25, -0.2) is 4.79 Å². The van der Waals surface area contributed by atoms with Gasteiger partial charge in [0.1, 0.15) is 5.60 Å². The average molecular weight is 387 g/mol. The highest BCUT2D eigenvalue weighted by molar-refractivity contribution is 6.01. The van der Waals surface area contributed by atoms with E-state index >= 15 is 0 Å². The van der Waals surface area contributed by atoms with Crippen molar-refractivity contribution >= 4 is 23.6 Å². The summed E-state index contributed by atoms with van der Waals surface area (Å²) in [6, 6.07) is 7.79. The van der Waals surface area contributed by atoms with Crippen molar-refractivity contribution in [3.8, 4) is 0 Å². The lowest BCUT2D eigenvalue weighted by Crippen LogP contribution is -2.42. The Balaban J connectivity index is 1.61. The van der Waals surface area contributed by atoms with Crippen LogP contribution >= 0.6 is 0 Å². The lowest BCUT2D eigenvalue weighted by molar-refractivity contribution is -0.134. The van der Waals surface area contributed by atoms with Crippen LogP contribution in [0.5, 0.6) is 0 Å². The van der Waals surface area contributed by atoms with Gasteiger partial charge < -0.3 is 15.0 Å². The Labute approximate surface area is 165 Å². The number of amides is 3. The largest absolute Gasteiger partial charge is 0.444 e. The molecule has 2 heterocycles. The number of likely N-dealkylation sites (tertiary alicyclic amines) is 1. The van der Waals surface area contributed by atoms with Crippen LogP contribution in [-0.2, 0) is 14.3 Å². The third kappa shape index (κ3) is 5.03. The Hall–Kier alpha value is -2.57. The second-order valence-electron chi connectivity index (χ2n) is 8.48. The summed E-state index contributed by atoms with van der Waals surface area (Å²) in [5.74, 6) is -0.747. The second-order valence-corrected chi connectivity index (χ2v) is 8.48. The van der Waals surface area contributed by atoms with Crippen LogP contribution in [0.1, 0.15) is 57.9 Å². The molecule has 0 saturated carbocycles. The van der Waals surface area contributed by atoms with E-state index in [1.807, 2.05) is 45.0 Å². The van der Waals surface area contributed by atoms with E-state index in [0.29, 0.717) is 25.9 Å². The van der Waals surface area contributed by atoms with Crippen LogP contribution in [0.15, 0.2) is 24.3 Å². The van der Waals surface area contributed by atoms with Gasteiger partial charge in [0.2, 0.25) is 11.8 Å². The van der Waals surface area contributed by atoms with Crippen LogP contribution in [0.2, 0.25) is 0 Å². The predicted molar refractivity (Wildman–Crippen MR) is 106 cm³/mol. The Morgan fingerprint density at radius 3 is 2.79 bits per heavy atom. The topological polar surface area (TPSA) is 87.7 Å². The smallest absolute Gasteiger partial charge is 0.410 e. The highest BCUT2D eigenvalue weighted by atomic mass is 16.6. The Morgan fingerprint density at radius 1 is 1.29 bits per heavy atom. The monoisotopic (exact) mass is 387 g/mol. The maximum atomic E-state index is 12.4. The Morgan fingerprint density at radius 2 is 2.07 bits per heavy atom. The summed E-state index contributed by atoms with van der Waals surface area (Å²) in [4.78, 5) is 37.7. The molecule has 7 nitrogen and oxygen atoms in total. The van der Waals surface area contributed by atoms with E-state index in [1.165, 1.54) is 0 Å². The molecule has 0 radical (unpaired) electrons. The van der Waals surface area contributed by atoms with Crippen LogP contribution in [-0.4, -0.2) is 47.5 Å². The third-order valence-electron chi connectivity index (χ3n) is 5.08. The molecular formula is C21H29N3O4. The zero-order valence-corrected chi connectivity index (χ0v) is 16.8. The first-order valence-electron chi connectivity index (χ1n) is 9.90. The highest BCUT2D eigenvalue weighted by Crippen LogP contribution is 2.27. The van der Waals surface area contributed by atoms with Crippen LogP contribution in [0.3, 0.4) is 0 Å². The number of benzene rings is 1. The Kier molecular flexibility index (Phi) is 5.91. The van der Waals surface area contributed by atoms with Crippen molar-refractivity contribution in [3.63, 3.8) is 0 Å². The molecule has 3 amide bonds. The molecule has 0 spiro atoms. The number of ether oxygens (including phenoxy) is 1. The minimum Gasteiger partial charge on any atom is -0.444 e. The van der Waals surface area contributed by atoms with Gasteiger partial charge in [0.05, 0.1) is 12.0 Å². The minimum absolute atomic E-state index is 0.0779. The number of hydrogen-bond donors (Lipinski definition) is 2. The van der Waals surface area contributed by atoms with Crippen molar-refractivity contribution in [1.82, 2.24) is 10.2 Å². The number of rotatable bonds is 4. The summed E-state index contributed by atoms with van der Waals surface area (Å²) >= 11 is 0. The summed E-state index contributed by atoms with van der Waals surface area (Å²) in [6.45, 7) is 6.94. The molecule has 2 saturated heterocycles. The fourth-order valence-electron chi connectivity index (χ4n) is 3.72. The summed E-state index contributed by atoms with van der Waals surface area (Å²) in [7, 11) is 0. The minimum atomic E-state index is -0.506. The molecule has 2 aliphatic rings. The van der Waals surface area contributed by atoms with E-state index in [0.717, 1.165) is 24.1 Å². The van der Waals surface area contributed by atoms with Crippen LogP contribution in [0.4, 0.5) is 10.5 Å². The van der Waals surface area contributed by atoms with Gasteiger partial charge in [-0.15, -0.1) is 0 Å². The van der Waals surface area contributed by atoms with Gasteiger partial charge in [-0.1, -0.05) is 12.1 Å². The molecule has 1 aromatic rings. The van der Waals surface area contributed by atoms with Crippen LogP contribution in [0.25, 0.3) is 0 Å². The van der Waals surface area contributed by atoms with E-state index in [1.54, 1.807) is 4.90 Å². The fraction of sp³-hybridized carbons (Fsp3) is 0.571. The maximum Gasteiger partial charge on any atom is 0.410 e. The van der Waals surface area contributed by atoms with Gasteiger partial charge >= 0.3 is 6.09 Å². The van der Waals surface area contributed by atoms with E-state index in [-0.39, 0.29) is 29.9 Å². The molecule has 7 heteroatoms. The molecule has 1 unspecified atom stereocenters. The predicted octanol–water partition coefficient (Wildman–Crippen LogP) is 3.02. The molecule has 28 heavy (non-hydrogen) atoms. The fourth-order valence-corrected chi connectivity index (χ4v) is 3.72. The van der Waals surface area contributed by atoms with Gasteiger partial charge in [0.25, 0.3) is 0 Å². The number of carbonyl (C=O) groups is 3. The first kappa shape index (κ1) is 20.2. The zero-order valence-electron chi connectivity index (χ0n) is 16.8. The molecule has 0 aliphatic carbocycles. The summed E-state index contributed by atoms with van der Waals surface area (Å²) in [5.41, 5.74) is 1.29. The molecule has 0 bridgehead atoms.